The Balaban J connectivity index is 2.13. The minimum atomic E-state index is -0.122. The van der Waals surface area contributed by atoms with Crippen LogP contribution in [0.25, 0.3) is 0 Å². The Bertz CT molecular complexity index is 625. The summed E-state index contributed by atoms with van der Waals surface area (Å²) in [6.07, 6.45) is 1.84. The lowest BCUT2D eigenvalue weighted by atomic mass is 10.1. The largest absolute Gasteiger partial charge is 0.321 e. The SMILES string of the molecule is C=CCSc1ccccc1NC(=O)c1ccc(CCl)cc1. The minimum Gasteiger partial charge on any atom is -0.321 e. The number of rotatable bonds is 6. The van der Waals surface area contributed by atoms with Crippen molar-refractivity contribution in [2.24, 2.45) is 0 Å². The fraction of sp³-hybridized carbons (Fsp3) is 0.118. The number of thioether (sulfide) groups is 1. The molecule has 0 radical (unpaired) electrons. The molecule has 0 aliphatic rings. The maximum Gasteiger partial charge on any atom is 0.255 e. The maximum atomic E-state index is 12.3. The summed E-state index contributed by atoms with van der Waals surface area (Å²) in [6.45, 7) is 3.71. The van der Waals surface area contributed by atoms with Gasteiger partial charge in [0.1, 0.15) is 0 Å². The van der Waals surface area contributed by atoms with Crippen LogP contribution >= 0.6 is 23.4 Å². The summed E-state index contributed by atoms with van der Waals surface area (Å²) in [4.78, 5) is 13.3. The molecule has 0 fully saturated rings. The van der Waals surface area contributed by atoms with E-state index in [0.717, 1.165) is 21.9 Å². The zero-order chi connectivity index (χ0) is 15.1. The number of benzene rings is 2. The molecule has 108 valence electrons. The van der Waals surface area contributed by atoms with Gasteiger partial charge in [-0.25, -0.2) is 0 Å². The molecular formula is C17H16ClNOS. The molecule has 0 unspecified atom stereocenters. The molecular weight excluding hydrogens is 302 g/mol. The Morgan fingerprint density at radius 1 is 1.19 bits per heavy atom. The molecule has 2 nitrogen and oxygen atoms in total. The lowest BCUT2D eigenvalue weighted by Gasteiger charge is -2.10. The summed E-state index contributed by atoms with van der Waals surface area (Å²) in [5.74, 6) is 1.13. The van der Waals surface area contributed by atoms with Gasteiger partial charge in [-0.05, 0) is 29.8 Å². The highest BCUT2D eigenvalue weighted by Crippen LogP contribution is 2.27. The Hall–Kier alpha value is -1.71. The van der Waals surface area contributed by atoms with Gasteiger partial charge in [-0.3, -0.25) is 4.79 Å². The molecule has 0 aromatic heterocycles. The second-order valence-electron chi connectivity index (χ2n) is 4.38. The molecule has 1 amide bonds. The van der Waals surface area contributed by atoms with Crippen molar-refractivity contribution in [2.75, 3.05) is 11.1 Å². The summed E-state index contributed by atoms with van der Waals surface area (Å²) in [7, 11) is 0. The van der Waals surface area contributed by atoms with Crippen LogP contribution < -0.4 is 5.32 Å². The van der Waals surface area contributed by atoms with E-state index in [0.29, 0.717) is 11.4 Å². The van der Waals surface area contributed by atoms with Crippen molar-refractivity contribution >= 4 is 35.0 Å². The van der Waals surface area contributed by atoms with E-state index in [1.807, 2.05) is 42.5 Å². The molecule has 2 aromatic rings. The smallest absolute Gasteiger partial charge is 0.255 e. The molecule has 0 saturated heterocycles. The molecule has 0 atom stereocenters. The van der Waals surface area contributed by atoms with Crippen molar-refractivity contribution in [3.63, 3.8) is 0 Å². The highest BCUT2D eigenvalue weighted by Gasteiger charge is 2.09. The predicted octanol–water partition coefficient (Wildman–Crippen LogP) is 4.96. The first-order chi connectivity index (χ1) is 10.2. The first-order valence-electron chi connectivity index (χ1n) is 6.53. The van der Waals surface area contributed by atoms with E-state index < -0.39 is 0 Å². The quantitative estimate of drug-likeness (QED) is 0.463. The number of hydrogen-bond acceptors (Lipinski definition) is 2. The van der Waals surface area contributed by atoms with E-state index in [9.17, 15) is 4.79 Å². The van der Waals surface area contributed by atoms with Crippen LogP contribution in [-0.4, -0.2) is 11.7 Å². The zero-order valence-corrected chi connectivity index (χ0v) is 13.1. The maximum absolute atomic E-state index is 12.3. The molecule has 1 N–H and O–H groups in total. The van der Waals surface area contributed by atoms with Gasteiger partial charge < -0.3 is 5.32 Å². The third kappa shape index (κ3) is 4.38. The number of carbonyl (C=O) groups excluding carboxylic acids is 1. The molecule has 4 heteroatoms. The normalized spacial score (nSPS) is 10.1. The number of alkyl halides is 1. The van der Waals surface area contributed by atoms with Gasteiger partial charge in [0.2, 0.25) is 0 Å². The topological polar surface area (TPSA) is 29.1 Å². The highest BCUT2D eigenvalue weighted by molar-refractivity contribution is 7.99. The summed E-state index contributed by atoms with van der Waals surface area (Å²) < 4.78 is 0. The van der Waals surface area contributed by atoms with Gasteiger partial charge in [0, 0.05) is 22.1 Å². The van der Waals surface area contributed by atoms with Gasteiger partial charge in [0.05, 0.1) is 5.69 Å². The second kappa shape index (κ2) is 7.91. The van der Waals surface area contributed by atoms with Gasteiger partial charge in [0.25, 0.3) is 5.91 Å². The van der Waals surface area contributed by atoms with Crippen LogP contribution in [0, 0.1) is 0 Å². The monoisotopic (exact) mass is 317 g/mol. The van der Waals surface area contributed by atoms with Gasteiger partial charge in [-0.1, -0.05) is 30.3 Å². The molecule has 0 saturated carbocycles. The van der Waals surface area contributed by atoms with Crippen LogP contribution in [-0.2, 0) is 5.88 Å². The van der Waals surface area contributed by atoms with E-state index in [2.05, 4.69) is 11.9 Å². The van der Waals surface area contributed by atoms with E-state index in [1.165, 1.54) is 0 Å². The lowest BCUT2D eigenvalue weighted by Crippen LogP contribution is -2.12. The predicted molar refractivity (Wildman–Crippen MR) is 91.3 cm³/mol. The van der Waals surface area contributed by atoms with Crippen molar-refractivity contribution < 1.29 is 4.79 Å². The number of halogens is 1. The van der Waals surface area contributed by atoms with Gasteiger partial charge in [0.15, 0.2) is 0 Å². The highest BCUT2D eigenvalue weighted by atomic mass is 35.5. The summed E-state index contributed by atoms with van der Waals surface area (Å²) in [5, 5.41) is 2.95. The Labute approximate surface area is 134 Å². The van der Waals surface area contributed by atoms with Crippen molar-refractivity contribution in [3.8, 4) is 0 Å². The first-order valence-corrected chi connectivity index (χ1v) is 8.05. The molecule has 21 heavy (non-hydrogen) atoms. The Morgan fingerprint density at radius 3 is 2.57 bits per heavy atom. The molecule has 2 rings (SSSR count). The number of anilines is 1. The average molecular weight is 318 g/mol. The van der Waals surface area contributed by atoms with Crippen LogP contribution in [0.1, 0.15) is 15.9 Å². The fourth-order valence-electron chi connectivity index (χ4n) is 1.78. The number of carbonyl (C=O) groups is 1. The third-order valence-electron chi connectivity index (χ3n) is 2.86. The number of nitrogens with one attached hydrogen (secondary N) is 1. The standard InChI is InChI=1S/C17H16ClNOS/c1-2-11-21-16-6-4-3-5-15(16)19-17(20)14-9-7-13(12-18)8-10-14/h2-10H,1,11-12H2,(H,19,20). The van der Waals surface area contributed by atoms with Crippen molar-refractivity contribution in [3.05, 3.63) is 72.3 Å². The summed E-state index contributed by atoms with van der Waals surface area (Å²) >= 11 is 7.39. The van der Waals surface area contributed by atoms with Crippen molar-refractivity contribution in [1.82, 2.24) is 0 Å². The summed E-state index contributed by atoms with van der Waals surface area (Å²) in [6, 6.07) is 15.0. The van der Waals surface area contributed by atoms with E-state index in [-0.39, 0.29) is 5.91 Å². The summed E-state index contributed by atoms with van der Waals surface area (Å²) in [5.41, 5.74) is 2.43. The van der Waals surface area contributed by atoms with E-state index >= 15 is 0 Å². The number of amides is 1. The van der Waals surface area contributed by atoms with Crippen LogP contribution in [0.3, 0.4) is 0 Å². The second-order valence-corrected chi connectivity index (χ2v) is 5.71. The third-order valence-corrected chi connectivity index (χ3v) is 4.24. The minimum absolute atomic E-state index is 0.122. The van der Waals surface area contributed by atoms with Crippen molar-refractivity contribution in [2.45, 2.75) is 10.8 Å². The van der Waals surface area contributed by atoms with Gasteiger partial charge in [-0.2, -0.15) is 0 Å². The van der Waals surface area contributed by atoms with Crippen molar-refractivity contribution in [1.29, 1.82) is 0 Å². The number of para-hydroxylation sites is 1. The molecule has 0 spiro atoms. The van der Waals surface area contributed by atoms with Gasteiger partial charge >= 0.3 is 0 Å². The zero-order valence-electron chi connectivity index (χ0n) is 11.5. The van der Waals surface area contributed by atoms with Crippen LogP contribution in [0.2, 0.25) is 0 Å². The molecule has 2 aromatic carbocycles. The molecule has 0 heterocycles. The first kappa shape index (κ1) is 15.7. The average Bonchev–Trinajstić information content (AvgIpc) is 2.54. The number of hydrogen-bond donors (Lipinski definition) is 1. The van der Waals surface area contributed by atoms with Crippen LogP contribution in [0.15, 0.2) is 66.1 Å². The molecule has 0 aliphatic carbocycles. The molecule has 0 bridgehead atoms. The van der Waals surface area contributed by atoms with E-state index in [4.69, 9.17) is 11.6 Å². The van der Waals surface area contributed by atoms with Crippen LogP contribution in [0.4, 0.5) is 5.69 Å². The van der Waals surface area contributed by atoms with Crippen LogP contribution in [0.5, 0.6) is 0 Å². The molecule has 0 aliphatic heterocycles. The lowest BCUT2D eigenvalue weighted by molar-refractivity contribution is 0.102. The Kier molecular flexibility index (Phi) is 5.90. The van der Waals surface area contributed by atoms with E-state index in [1.54, 1.807) is 23.9 Å². The fourth-order valence-corrected chi connectivity index (χ4v) is 2.71. The Morgan fingerprint density at radius 2 is 1.90 bits per heavy atom. The van der Waals surface area contributed by atoms with Gasteiger partial charge in [-0.15, -0.1) is 29.9 Å².